The minimum Gasteiger partial charge on any atom is -0.322 e. The Balaban J connectivity index is 1.83. The maximum absolute atomic E-state index is 12.1. The number of rotatable bonds is 5. The van der Waals surface area contributed by atoms with Gasteiger partial charge in [-0.3, -0.25) is 9.69 Å². The van der Waals surface area contributed by atoms with E-state index >= 15 is 0 Å². The van der Waals surface area contributed by atoms with Crippen LogP contribution in [-0.2, 0) is 4.79 Å². The molecule has 0 aromatic heterocycles. The van der Waals surface area contributed by atoms with E-state index in [0.717, 1.165) is 32.5 Å². The first-order valence-corrected chi connectivity index (χ1v) is 7.96. The van der Waals surface area contributed by atoms with E-state index in [9.17, 15) is 4.79 Å². The molecule has 1 saturated heterocycles. The lowest BCUT2D eigenvalue weighted by molar-refractivity contribution is -0.117. The van der Waals surface area contributed by atoms with E-state index in [-0.39, 0.29) is 5.91 Å². The number of nitrogens with one attached hydrogen (secondary N) is 2. The molecule has 2 N–H and O–H groups in total. The Morgan fingerprint density at radius 2 is 1.90 bits per heavy atom. The van der Waals surface area contributed by atoms with E-state index in [1.165, 1.54) is 0 Å². The number of hydrogen-bond donors (Lipinski definition) is 2. The SMILES string of the molecule is CNCC1CCN(CC(=O)Nc2c(Cl)cccc2Cl)CC1. The number of carbonyl (C=O) groups is 1. The summed E-state index contributed by atoms with van der Waals surface area (Å²) in [5.74, 6) is 0.643. The Kier molecular flexibility index (Phi) is 6.30. The molecule has 1 aliphatic rings. The zero-order valence-electron chi connectivity index (χ0n) is 12.2. The zero-order valence-corrected chi connectivity index (χ0v) is 13.7. The van der Waals surface area contributed by atoms with Gasteiger partial charge in [0.25, 0.3) is 0 Å². The van der Waals surface area contributed by atoms with Crippen molar-refractivity contribution in [2.75, 3.05) is 38.5 Å². The smallest absolute Gasteiger partial charge is 0.238 e. The van der Waals surface area contributed by atoms with Crippen molar-refractivity contribution >= 4 is 34.8 Å². The normalized spacial score (nSPS) is 16.9. The van der Waals surface area contributed by atoms with Crippen molar-refractivity contribution in [2.24, 2.45) is 5.92 Å². The molecule has 0 unspecified atom stereocenters. The summed E-state index contributed by atoms with van der Waals surface area (Å²) in [4.78, 5) is 14.3. The van der Waals surface area contributed by atoms with Gasteiger partial charge in [-0.25, -0.2) is 0 Å². The van der Waals surface area contributed by atoms with Gasteiger partial charge in [-0.15, -0.1) is 0 Å². The first-order valence-electron chi connectivity index (χ1n) is 7.21. The summed E-state index contributed by atoms with van der Waals surface area (Å²) in [6.45, 7) is 3.34. The number of amides is 1. The van der Waals surface area contributed by atoms with Crippen LogP contribution in [0.3, 0.4) is 0 Å². The summed E-state index contributed by atoms with van der Waals surface area (Å²) in [5.41, 5.74) is 0.496. The van der Waals surface area contributed by atoms with Crippen LogP contribution in [0.4, 0.5) is 5.69 Å². The molecule has 1 amide bonds. The summed E-state index contributed by atoms with van der Waals surface area (Å²) in [6.07, 6.45) is 2.25. The van der Waals surface area contributed by atoms with E-state index in [1.807, 2.05) is 7.05 Å². The maximum Gasteiger partial charge on any atom is 0.238 e. The van der Waals surface area contributed by atoms with E-state index in [2.05, 4.69) is 15.5 Å². The third-order valence-corrected chi connectivity index (χ3v) is 4.42. The molecule has 1 heterocycles. The van der Waals surface area contributed by atoms with Crippen LogP contribution in [-0.4, -0.2) is 44.0 Å². The van der Waals surface area contributed by atoms with Crippen molar-refractivity contribution in [2.45, 2.75) is 12.8 Å². The van der Waals surface area contributed by atoms with Gasteiger partial charge >= 0.3 is 0 Å². The van der Waals surface area contributed by atoms with Crippen LogP contribution >= 0.6 is 23.2 Å². The standard InChI is InChI=1S/C15H21Cl2N3O/c1-18-9-11-5-7-20(8-6-11)10-14(21)19-15-12(16)3-2-4-13(15)17/h2-4,11,18H,5-10H2,1H3,(H,19,21). The Bertz CT molecular complexity index is 468. The third-order valence-electron chi connectivity index (χ3n) is 3.79. The summed E-state index contributed by atoms with van der Waals surface area (Å²) in [6, 6.07) is 5.19. The second kappa shape index (κ2) is 7.99. The van der Waals surface area contributed by atoms with E-state index in [0.29, 0.717) is 28.2 Å². The van der Waals surface area contributed by atoms with Crippen molar-refractivity contribution in [3.8, 4) is 0 Å². The molecule has 1 fully saturated rings. The predicted molar refractivity (Wildman–Crippen MR) is 88.2 cm³/mol. The van der Waals surface area contributed by atoms with Crippen molar-refractivity contribution in [3.05, 3.63) is 28.2 Å². The number of carbonyl (C=O) groups excluding carboxylic acids is 1. The van der Waals surface area contributed by atoms with Crippen LogP contribution in [0.2, 0.25) is 10.0 Å². The first-order chi connectivity index (χ1) is 10.1. The number of benzene rings is 1. The molecule has 1 aromatic carbocycles. The summed E-state index contributed by atoms with van der Waals surface area (Å²) < 4.78 is 0. The van der Waals surface area contributed by atoms with Gasteiger partial charge in [0.15, 0.2) is 0 Å². The van der Waals surface area contributed by atoms with Crippen LogP contribution in [0.25, 0.3) is 0 Å². The molecule has 0 aliphatic carbocycles. The average molecular weight is 330 g/mol. The van der Waals surface area contributed by atoms with Crippen molar-refractivity contribution in [1.29, 1.82) is 0 Å². The Morgan fingerprint density at radius 3 is 2.48 bits per heavy atom. The Labute approximate surface area is 135 Å². The minimum absolute atomic E-state index is 0.0722. The molecule has 2 rings (SSSR count). The fourth-order valence-electron chi connectivity index (χ4n) is 2.64. The molecule has 0 radical (unpaired) electrons. The van der Waals surface area contributed by atoms with Gasteiger partial charge in [-0.05, 0) is 57.6 Å². The lowest BCUT2D eigenvalue weighted by Gasteiger charge is -2.31. The second-order valence-corrected chi connectivity index (χ2v) is 6.24. The lowest BCUT2D eigenvalue weighted by atomic mass is 9.97. The molecule has 116 valence electrons. The van der Waals surface area contributed by atoms with Crippen LogP contribution in [0.5, 0.6) is 0 Å². The van der Waals surface area contributed by atoms with Gasteiger partial charge in [0.05, 0.1) is 22.3 Å². The van der Waals surface area contributed by atoms with Crippen LogP contribution in [0.15, 0.2) is 18.2 Å². The average Bonchev–Trinajstić information content (AvgIpc) is 2.45. The number of halogens is 2. The number of hydrogen-bond acceptors (Lipinski definition) is 3. The van der Waals surface area contributed by atoms with Gasteiger partial charge in [-0.1, -0.05) is 29.3 Å². The summed E-state index contributed by atoms with van der Waals surface area (Å²) >= 11 is 12.1. The highest BCUT2D eigenvalue weighted by Gasteiger charge is 2.20. The van der Waals surface area contributed by atoms with E-state index < -0.39 is 0 Å². The topological polar surface area (TPSA) is 44.4 Å². The zero-order chi connectivity index (χ0) is 15.2. The lowest BCUT2D eigenvalue weighted by Crippen LogP contribution is -2.40. The number of piperidine rings is 1. The molecule has 21 heavy (non-hydrogen) atoms. The molecule has 0 bridgehead atoms. The Morgan fingerprint density at radius 1 is 1.29 bits per heavy atom. The van der Waals surface area contributed by atoms with Crippen molar-refractivity contribution in [3.63, 3.8) is 0 Å². The van der Waals surface area contributed by atoms with Crippen LogP contribution in [0, 0.1) is 5.92 Å². The molecule has 0 atom stereocenters. The third kappa shape index (κ3) is 4.85. The summed E-state index contributed by atoms with van der Waals surface area (Å²) in [7, 11) is 1.98. The highest BCUT2D eigenvalue weighted by atomic mass is 35.5. The van der Waals surface area contributed by atoms with Crippen molar-refractivity contribution in [1.82, 2.24) is 10.2 Å². The van der Waals surface area contributed by atoms with Gasteiger partial charge in [0.1, 0.15) is 0 Å². The van der Waals surface area contributed by atoms with Crippen LogP contribution < -0.4 is 10.6 Å². The maximum atomic E-state index is 12.1. The van der Waals surface area contributed by atoms with Crippen LogP contribution in [0.1, 0.15) is 12.8 Å². The molecule has 0 saturated carbocycles. The summed E-state index contributed by atoms with van der Waals surface area (Å²) in [5, 5.41) is 6.94. The number of likely N-dealkylation sites (tertiary alicyclic amines) is 1. The molecule has 4 nitrogen and oxygen atoms in total. The highest BCUT2D eigenvalue weighted by molar-refractivity contribution is 6.39. The number of anilines is 1. The quantitative estimate of drug-likeness (QED) is 0.873. The van der Waals surface area contributed by atoms with Gasteiger partial charge in [0, 0.05) is 0 Å². The monoisotopic (exact) mass is 329 g/mol. The first kappa shape index (κ1) is 16.6. The largest absolute Gasteiger partial charge is 0.322 e. The predicted octanol–water partition coefficient (Wildman–Crippen LogP) is 2.86. The van der Waals surface area contributed by atoms with Crippen molar-refractivity contribution < 1.29 is 4.79 Å². The molecular weight excluding hydrogens is 309 g/mol. The van der Waals surface area contributed by atoms with Gasteiger partial charge < -0.3 is 10.6 Å². The molecule has 1 aliphatic heterocycles. The van der Waals surface area contributed by atoms with Gasteiger partial charge in [-0.2, -0.15) is 0 Å². The molecular formula is C15H21Cl2N3O. The Hall–Kier alpha value is -0.810. The second-order valence-electron chi connectivity index (χ2n) is 5.42. The van der Waals surface area contributed by atoms with E-state index in [1.54, 1.807) is 18.2 Å². The fraction of sp³-hybridized carbons (Fsp3) is 0.533. The molecule has 1 aromatic rings. The fourth-order valence-corrected chi connectivity index (χ4v) is 3.13. The minimum atomic E-state index is -0.0722. The van der Waals surface area contributed by atoms with E-state index in [4.69, 9.17) is 23.2 Å². The van der Waals surface area contributed by atoms with Gasteiger partial charge in [0.2, 0.25) is 5.91 Å². The highest BCUT2D eigenvalue weighted by Crippen LogP contribution is 2.29. The number of nitrogens with zero attached hydrogens (tertiary/aromatic N) is 1. The number of para-hydroxylation sites is 1. The molecule has 6 heteroatoms. The molecule has 0 spiro atoms.